The van der Waals surface area contributed by atoms with E-state index >= 15 is 0 Å². The maximum absolute atomic E-state index is 5.63. The molecule has 2 aromatic heterocycles. The zero-order chi connectivity index (χ0) is 10.3. The molecule has 5 heteroatoms. The second kappa shape index (κ2) is 3.33. The van der Waals surface area contributed by atoms with Crippen LogP contribution < -0.4 is 5.73 Å². The van der Waals surface area contributed by atoms with Crippen LogP contribution in [0.2, 0.25) is 0 Å². The highest BCUT2D eigenvalue weighted by molar-refractivity contribution is 9.10. The van der Waals surface area contributed by atoms with Gasteiger partial charge in [-0.1, -0.05) is 12.2 Å². The zero-order valence-electron chi connectivity index (χ0n) is 7.49. The molecule has 0 aliphatic heterocycles. The number of imidazole rings is 1. The molecule has 0 fully saturated rings. The summed E-state index contributed by atoms with van der Waals surface area (Å²) in [4.78, 5) is 4.72. The van der Waals surface area contributed by atoms with Crippen LogP contribution in [0.3, 0.4) is 0 Å². The predicted octanol–water partition coefficient (Wildman–Crippen LogP) is 2.04. The Bertz CT molecular complexity index is 518. The highest BCUT2D eigenvalue weighted by Gasteiger charge is 2.10. The van der Waals surface area contributed by atoms with E-state index in [2.05, 4.69) is 20.9 Å². The lowest BCUT2D eigenvalue weighted by Crippen LogP contribution is -2.13. The molecule has 0 atom stereocenters. The number of halogens is 1. The largest absolute Gasteiger partial charge is 0.388 e. The van der Waals surface area contributed by atoms with Gasteiger partial charge in [-0.15, -0.1) is 0 Å². The van der Waals surface area contributed by atoms with Gasteiger partial charge in [-0.05, 0) is 35.0 Å². The lowest BCUT2D eigenvalue weighted by molar-refractivity contribution is 1.15. The van der Waals surface area contributed by atoms with E-state index in [0.29, 0.717) is 4.99 Å². The Labute approximate surface area is 95.1 Å². The van der Waals surface area contributed by atoms with E-state index in [1.54, 1.807) is 0 Å². The fourth-order valence-corrected chi connectivity index (χ4v) is 2.02. The number of pyridine rings is 1. The molecule has 0 bridgehead atoms. The van der Waals surface area contributed by atoms with E-state index in [0.717, 1.165) is 21.5 Å². The molecule has 2 rings (SSSR count). The van der Waals surface area contributed by atoms with E-state index in [1.165, 1.54) is 0 Å². The van der Waals surface area contributed by atoms with Gasteiger partial charge in [0.1, 0.15) is 16.3 Å². The summed E-state index contributed by atoms with van der Waals surface area (Å²) in [5, 5.41) is 0. The van der Waals surface area contributed by atoms with Crippen LogP contribution in [0.15, 0.2) is 22.8 Å². The second-order valence-electron chi connectivity index (χ2n) is 2.99. The molecular formula is C9H8BrN3S. The highest BCUT2D eigenvalue weighted by atomic mass is 79.9. The number of rotatable bonds is 1. The van der Waals surface area contributed by atoms with Crippen molar-refractivity contribution in [3.8, 4) is 0 Å². The van der Waals surface area contributed by atoms with Crippen LogP contribution in [-0.4, -0.2) is 14.4 Å². The molecule has 2 aromatic rings. The topological polar surface area (TPSA) is 43.3 Å². The van der Waals surface area contributed by atoms with Crippen LogP contribution in [-0.2, 0) is 0 Å². The number of nitrogens with zero attached hydrogens (tertiary/aromatic N) is 2. The molecule has 0 radical (unpaired) electrons. The molecule has 14 heavy (non-hydrogen) atoms. The summed E-state index contributed by atoms with van der Waals surface area (Å²) in [5.41, 5.74) is 8.14. The number of thiocarbonyl (C=S) groups is 1. The maximum Gasteiger partial charge on any atom is 0.137 e. The molecule has 0 spiro atoms. The van der Waals surface area contributed by atoms with E-state index in [-0.39, 0.29) is 0 Å². The SMILES string of the molecule is Cc1nc2ccc(Br)cn2c1C(N)=S. The van der Waals surface area contributed by atoms with Gasteiger partial charge in [0.2, 0.25) is 0 Å². The van der Waals surface area contributed by atoms with E-state index in [9.17, 15) is 0 Å². The van der Waals surface area contributed by atoms with Crippen molar-refractivity contribution in [1.29, 1.82) is 0 Å². The van der Waals surface area contributed by atoms with Gasteiger partial charge in [-0.3, -0.25) is 4.40 Å². The van der Waals surface area contributed by atoms with Gasteiger partial charge in [-0.25, -0.2) is 4.98 Å². The third kappa shape index (κ3) is 1.42. The number of aromatic nitrogens is 2. The zero-order valence-corrected chi connectivity index (χ0v) is 9.89. The third-order valence-electron chi connectivity index (χ3n) is 1.99. The average Bonchev–Trinajstić information content (AvgIpc) is 2.40. The van der Waals surface area contributed by atoms with Gasteiger partial charge in [-0.2, -0.15) is 0 Å². The minimum Gasteiger partial charge on any atom is -0.388 e. The first-order valence-electron chi connectivity index (χ1n) is 4.03. The van der Waals surface area contributed by atoms with Crippen LogP contribution in [0.25, 0.3) is 5.65 Å². The lowest BCUT2D eigenvalue weighted by atomic mass is 10.3. The summed E-state index contributed by atoms with van der Waals surface area (Å²) in [6.07, 6.45) is 1.91. The summed E-state index contributed by atoms with van der Waals surface area (Å²) < 4.78 is 2.86. The summed E-state index contributed by atoms with van der Waals surface area (Å²) in [7, 11) is 0. The fraction of sp³-hybridized carbons (Fsp3) is 0.111. The fourth-order valence-electron chi connectivity index (χ4n) is 1.43. The summed E-state index contributed by atoms with van der Waals surface area (Å²) in [5.74, 6) is 0. The number of aryl methyl sites for hydroxylation is 1. The number of nitrogens with two attached hydrogens (primary N) is 1. The Morgan fingerprint density at radius 3 is 2.93 bits per heavy atom. The maximum atomic E-state index is 5.63. The van der Waals surface area contributed by atoms with Crippen molar-refractivity contribution in [2.75, 3.05) is 0 Å². The van der Waals surface area contributed by atoms with Crippen molar-refractivity contribution < 1.29 is 0 Å². The number of hydrogen-bond donors (Lipinski definition) is 1. The third-order valence-corrected chi connectivity index (χ3v) is 2.65. The Morgan fingerprint density at radius 2 is 2.29 bits per heavy atom. The van der Waals surface area contributed by atoms with Gasteiger partial charge in [0.25, 0.3) is 0 Å². The smallest absolute Gasteiger partial charge is 0.137 e. The lowest BCUT2D eigenvalue weighted by Gasteiger charge is -2.00. The van der Waals surface area contributed by atoms with Crippen LogP contribution in [0.5, 0.6) is 0 Å². The normalized spacial score (nSPS) is 10.7. The van der Waals surface area contributed by atoms with E-state index in [1.807, 2.05) is 29.7 Å². The van der Waals surface area contributed by atoms with Gasteiger partial charge in [0, 0.05) is 10.7 Å². The molecule has 2 N–H and O–H groups in total. The molecule has 0 unspecified atom stereocenters. The first kappa shape index (κ1) is 9.61. The van der Waals surface area contributed by atoms with Crippen LogP contribution in [0.4, 0.5) is 0 Å². The quantitative estimate of drug-likeness (QED) is 0.806. The van der Waals surface area contributed by atoms with E-state index in [4.69, 9.17) is 18.0 Å². The van der Waals surface area contributed by atoms with Gasteiger partial charge >= 0.3 is 0 Å². The van der Waals surface area contributed by atoms with Crippen molar-refractivity contribution >= 4 is 38.8 Å². The van der Waals surface area contributed by atoms with Crippen molar-refractivity contribution in [1.82, 2.24) is 9.38 Å². The van der Waals surface area contributed by atoms with Gasteiger partial charge in [0.15, 0.2) is 0 Å². The van der Waals surface area contributed by atoms with Crippen molar-refractivity contribution in [2.45, 2.75) is 6.92 Å². The van der Waals surface area contributed by atoms with Crippen molar-refractivity contribution in [3.05, 3.63) is 34.2 Å². The Balaban J connectivity index is 2.86. The molecular weight excluding hydrogens is 262 g/mol. The van der Waals surface area contributed by atoms with Crippen LogP contribution >= 0.6 is 28.1 Å². The van der Waals surface area contributed by atoms with E-state index < -0.39 is 0 Å². The predicted molar refractivity (Wildman–Crippen MR) is 63.5 cm³/mol. The molecule has 0 aromatic carbocycles. The van der Waals surface area contributed by atoms with Gasteiger partial charge in [0.05, 0.1) is 5.69 Å². The minimum atomic E-state index is 0.369. The molecule has 0 saturated carbocycles. The van der Waals surface area contributed by atoms with Gasteiger partial charge < -0.3 is 5.73 Å². The van der Waals surface area contributed by atoms with Crippen molar-refractivity contribution in [3.63, 3.8) is 0 Å². The minimum absolute atomic E-state index is 0.369. The highest BCUT2D eigenvalue weighted by Crippen LogP contribution is 2.16. The summed E-state index contributed by atoms with van der Waals surface area (Å²) in [6.45, 7) is 1.90. The molecule has 0 aliphatic carbocycles. The molecule has 0 aliphatic rings. The van der Waals surface area contributed by atoms with Crippen molar-refractivity contribution in [2.24, 2.45) is 5.73 Å². The Hall–Kier alpha value is -0.940. The molecule has 0 amide bonds. The standard InChI is InChI=1S/C9H8BrN3S/c1-5-8(9(11)14)13-4-6(10)2-3-7(13)12-5/h2-4H,1H3,(H2,11,14). The monoisotopic (exact) mass is 269 g/mol. The molecule has 2 heterocycles. The molecule has 3 nitrogen and oxygen atoms in total. The first-order valence-corrected chi connectivity index (χ1v) is 5.24. The first-order chi connectivity index (χ1) is 6.59. The summed E-state index contributed by atoms with van der Waals surface area (Å²) in [6, 6.07) is 3.85. The Morgan fingerprint density at radius 1 is 1.57 bits per heavy atom. The Kier molecular flexibility index (Phi) is 2.28. The second-order valence-corrected chi connectivity index (χ2v) is 4.34. The number of fused-ring (bicyclic) bond motifs is 1. The van der Waals surface area contributed by atoms with Crippen LogP contribution in [0.1, 0.15) is 11.4 Å². The average molecular weight is 270 g/mol. The van der Waals surface area contributed by atoms with Crippen LogP contribution in [0, 0.1) is 6.92 Å². The molecule has 72 valence electrons. The summed E-state index contributed by atoms with van der Waals surface area (Å²) >= 11 is 8.37. The molecule has 0 saturated heterocycles. The number of hydrogen-bond acceptors (Lipinski definition) is 2.